The highest BCUT2D eigenvalue weighted by Crippen LogP contribution is 2.35. The summed E-state index contributed by atoms with van der Waals surface area (Å²) < 4.78 is 1.99. The van der Waals surface area contributed by atoms with Gasteiger partial charge in [-0.15, -0.1) is 0 Å². The highest BCUT2D eigenvalue weighted by Gasteiger charge is 2.24. The normalized spacial score (nSPS) is 13.0. The zero-order valence-electron chi connectivity index (χ0n) is 12.3. The van der Waals surface area contributed by atoms with E-state index in [0.717, 1.165) is 35.2 Å². The maximum Gasteiger partial charge on any atom is 0.133 e. The summed E-state index contributed by atoms with van der Waals surface area (Å²) in [5, 5.41) is 9.07. The van der Waals surface area contributed by atoms with Crippen molar-refractivity contribution in [1.82, 2.24) is 9.78 Å². The maximum absolute atomic E-state index is 5.99. The first-order chi connectivity index (χ1) is 10.7. The fourth-order valence-electron chi connectivity index (χ4n) is 3.00. The lowest BCUT2D eigenvalue weighted by Gasteiger charge is -2.06. The summed E-state index contributed by atoms with van der Waals surface area (Å²) >= 11 is 5.99. The summed E-state index contributed by atoms with van der Waals surface area (Å²) in [6.07, 6.45) is 1.01. The average Bonchev–Trinajstić information content (AvgIpc) is 3.11. The topological polar surface area (TPSA) is 29.9 Å². The summed E-state index contributed by atoms with van der Waals surface area (Å²) in [5.74, 6) is 1.10. The van der Waals surface area contributed by atoms with Crippen molar-refractivity contribution < 1.29 is 0 Å². The van der Waals surface area contributed by atoms with E-state index in [1.54, 1.807) is 0 Å². The van der Waals surface area contributed by atoms with Crippen molar-refractivity contribution >= 4 is 17.4 Å². The molecular weight excluding hydrogens is 294 g/mol. The summed E-state index contributed by atoms with van der Waals surface area (Å²) in [7, 11) is 0. The van der Waals surface area contributed by atoms with Crippen molar-refractivity contribution in [3.8, 4) is 16.9 Å². The number of nitrogens with zero attached hydrogens (tertiary/aromatic N) is 2. The van der Waals surface area contributed by atoms with Crippen molar-refractivity contribution in [3.63, 3.8) is 0 Å². The molecule has 22 heavy (non-hydrogen) atoms. The first-order valence-electron chi connectivity index (χ1n) is 7.42. The summed E-state index contributed by atoms with van der Waals surface area (Å²) in [4.78, 5) is 0. The highest BCUT2D eigenvalue weighted by molar-refractivity contribution is 6.30. The van der Waals surface area contributed by atoms with Crippen LogP contribution < -0.4 is 5.32 Å². The highest BCUT2D eigenvalue weighted by atomic mass is 35.5. The molecule has 2 heterocycles. The molecular formula is C18H16ClN3. The second kappa shape index (κ2) is 5.18. The van der Waals surface area contributed by atoms with Crippen molar-refractivity contribution in [3.05, 3.63) is 64.7 Å². The van der Waals surface area contributed by atoms with Gasteiger partial charge in [-0.3, -0.25) is 0 Å². The van der Waals surface area contributed by atoms with Crippen LogP contribution in [-0.2, 0) is 6.42 Å². The molecule has 3 nitrogen and oxygen atoms in total. The molecule has 1 aromatic heterocycles. The van der Waals surface area contributed by atoms with Gasteiger partial charge in [0.15, 0.2) is 0 Å². The molecule has 1 N–H and O–H groups in total. The van der Waals surface area contributed by atoms with Crippen molar-refractivity contribution in [1.29, 1.82) is 0 Å². The van der Waals surface area contributed by atoms with E-state index in [0.29, 0.717) is 0 Å². The molecule has 0 bridgehead atoms. The minimum absolute atomic E-state index is 0.736. The van der Waals surface area contributed by atoms with Gasteiger partial charge in [0.05, 0.1) is 11.4 Å². The Bertz CT molecular complexity index is 834. The molecule has 1 aliphatic rings. The number of nitrogens with one attached hydrogen (secondary N) is 1. The van der Waals surface area contributed by atoms with Crippen LogP contribution in [0.2, 0.25) is 5.02 Å². The van der Waals surface area contributed by atoms with E-state index >= 15 is 0 Å². The Morgan fingerprint density at radius 3 is 2.64 bits per heavy atom. The van der Waals surface area contributed by atoms with E-state index in [2.05, 4.69) is 36.5 Å². The van der Waals surface area contributed by atoms with E-state index in [4.69, 9.17) is 16.7 Å². The summed E-state index contributed by atoms with van der Waals surface area (Å²) in [6, 6.07) is 16.2. The SMILES string of the molecule is Cc1ccccc1-c1nn(-c2ccc(Cl)cc2)c2c1CCN2. The molecule has 0 unspecified atom stereocenters. The Labute approximate surface area is 134 Å². The lowest BCUT2D eigenvalue weighted by Crippen LogP contribution is -2.04. The third kappa shape index (κ3) is 2.09. The predicted molar refractivity (Wildman–Crippen MR) is 90.9 cm³/mol. The lowest BCUT2D eigenvalue weighted by molar-refractivity contribution is 0.882. The fraction of sp³-hybridized carbons (Fsp3) is 0.167. The molecule has 0 aliphatic carbocycles. The van der Waals surface area contributed by atoms with Gasteiger partial charge < -0.3 is 5.32 Å². The van der Waals surface area contributed by atoms with Gasteiger partial charge in [-0.05, 0) is 43.2 Å². The van der Waals surface area contributed by atoms with Gasteiger partial charge in [-0.1, -0.05) is 35.9 Å². The molecule has 1 aliphatic heterocycles. The van der Waals surface area contributed by atoms with Crippen LogP contribution in [0.3, 0.4) is 0 Å². The summed E-state index contributed by atoms with van der Waals surface area (Å²) in [6.45, 7) is 3.09. The van der Waals surface area contributed by atoms with Crippen LogP contribution in [0.25, 0.3) is 16.9 Å². The van der Waals surface area contributed by atoms with Gasteiger partial charge in [0.1, 0.15) is 5.82 Å². The molecule has 3 aromatic rings. The third-order valence-corrected chi connectivity index (χ3v) is 4.37. The van der Waals surface area contributed by atoms with Crippen molar-refractivity contribution in [2.75, 3.05) is 11.9 Å². The lowest BCUT2D eigenvalue weighted by atomic mass is 10.0. The Morgan fingerprint density at radius 2 is 1.86 bits per heavy atom. The Hall–Kier alpha value is -2.26. The molecule has 0 saturated heterocycles. The number of halogens is 1. The van der Waals surface area contributed by atoms with Gasteiger partial charge in [-0.2, -0.15) is 5.10 Å². The van der Waals surface area contributed by atoms with E-state index in [1.165, 1.54) is 16.7 Å². The third-order valence-electron chi connectivity index (χ3n) is 4.12. The van der Waals surface area contributed by atoms with E-state index in [9.17, 15) is 0 Å². The second-order valence-electron chi connectivity index (χ2n) is 5.56. The number of anilines is 1. The van der Waals surface area contributed by atoms with E-state index < -0.39 is 0 Å². The molecule has 0 radical (unpaired) electrons. The smallest absolute Gasteiger partial charge is 0.133 e. The number of aryl methyl sites for hydroxylation is 1. The van der Waals surface area contributed by atoms with Gasteiger partial charge in [-0.25, -0.2) is 4.68 Å². The number of hydrogen-bond acceptors (Lipinski definition) is 2. The van der Waals surface area contributed by atoms with E-state index in [-0.39, 0.29) is 0 Å². The van der Waals surface area contributed by atoms with Gasteiger partial charge >= 0.3 is 0 Å². The zero-order valence-corrected chi connectivity index (χ0v) is 13.1. The molecule has 0 atom stereocenters. The molecule has 0 amide bonds. The minimum atomic E-state index is 0.736. The molecule has 2 aromatic carbocycles. The fourth-order valence-corrected chi connectivity index (χ4v) is 3.12. The predicted octanol–water partition coefficient (Wildman–Crippen LogP) is 4.47. The van der Waals surface area contributed by atoms with Crippen molar-refractivity contribution in [2.24, 2.45) is 0 Å². The number of benzene rings is 2. The molecule has 110 valence electrons. The Kier molecular flexibility index (Phi) is 3.16. The summed E-state index contributed by atoms with van der Waals surface area (Å²) in [5.41, 5.74) is 5.85. The number of aromatic nitrogens is 2. The van der Waals surface area contributed by atoms with Crippen LogP contribution in [0.1, 0.15) is 11.1 Å². The molecule has 0 saturated carbocycles. The van der Waals surface area contributed by atoms with Gasteiger partial charge in [0.25, 0.3) is 0 Å². The monoisotopic (exact) mass is 309 g/mol. The van der Waals surface area contributed by atoms with Gasteiger partial charge in [0.2, 0.25) is 0 Å². The quantitative estimate of drug-likeness (QED) is 0.757. The maximum atomic E-state index is 5.99. The number of hydrogen-bond donors (Lipinski definition) is 1. The molecule has 0 spiro atoms. The minimum Gasteiger partial charge on any atom is -0.369 e. The van der Waals surface area contributed by atoms with Gasteiger partial charge in [0, 0.05) is 22.7 Å². The van der Waals surface area contributed by atoms with Crippen LogP contribution in [0.5, 0.6) is 0 Å². The number of rotatable bonds is 2. The Balaban J connectivity index is 1.90. The standard InChI is InChI=1S/C18H16ClN3/c1-12-4-2-3-5-15(12)17-16-10-11-20-18(16)22(21-17)14-8-6-13(19)7-9-14/h2-9,20H,10-11H2,1H3. The number of fused-ring (bicyclic) bond motifs is 1. The Morgan fingerprint density at radius 1 is 1.09 bits per heavy atom. The average molecular weight is 310 g/mol. The first kappa shape index (κ1) is 13.4. The van der Waals surface area contributed by atoms with E-state index in [1.807, 2.05) is 28.9 Å². The van der Waals surface area contributed by atoms with Crippen LogP contribution in [0.4, 0.5) is 5.82 Å². The van der Waals surface area contributed by atoms with Crippen LogP contribution in [0.15, 0.2) is 48.5 Å². The molecule has 0 fully saturated rings. The first-order valence-corrected chi connectivity index (χ1v) is 7.79. The van der Waals surface area contributed by atoms with Crippen LogP contribution in [-0.4, -0.2) is 16.3 Å². The van der Waals surface area contributed by atoms with Crippen LogP contribution >= 0.6 is 11.6 Å². The van der Waals surface area contributed by atoms with Crippen LogP contribution in [0, 0.1) is 6.92 Å². The molecule has 4 rings (SSSR count). The second-order valence-corrected chi connectivity index (χ2v) is 5.99. The molecule has 4 heteroatoms. The zero-order chi connectivity index (χ0) is 15.1. The largest absolute Gasteiger partial charge is 0.369 e. The van der Waals surface area contributed by atoms with Crippen molar-refractivity contribution in [2.45, 2.75) is 13.3 Å².